The first kappa shape index (κ1) is 15.2. The Kier molecular flexibility index (Phi) is 4.67. The highest BCUT2D eigenvalue weighted by molar-refractivity contribution is 5.93. The van der Waals surface area contributed by atoms with Gasteiger partial charge in [-0.2, -0.15) is 0 Å². The summed E-state index contributed by atoms with van der Waals surface area (Å²) < 4.78 is 4.96. The Labute approximate surface area is 111 Å². The number of ketones is 1. The van der Waals surface area contributed by atoms with Gasteiger partial charge in [-0.25, -0.2) is 4.79 Å². The second-order valence-electron chi connectivity index (χ2n) is 4.54. The average molecular weight is 266 g/mol. The van der Waals surface area contributed by atoms with E-state index in [1.165, 1.54) is 19.9 Å². The van der Waals surface area contributed by atoms with Crippen molar-refractivity contribution in [2.45, 2.75) is 38.9 Å². The fourth-order valence-electron chi connectivity index (χ4n) is 1.74. The lowest BCUT2D eigenvalue weighted by atomic mass is 9.92. The van der Waals surface area contributed by atoms with Crippen LogP contribution < -0.4 is 0 Å². The van der Waals surface area contributed by atoms with Crippen LogP contribution in [-0.4, -0.2) is 33.7 Å². The number of hydrogen-bond donors (Lipinski definition) is 2. The van der Waals surface area contributed by atoms with Crippen LogP contribution in [-0.2, 0) is 14.3 Å². The first-order chi connectivity index (χ1) is 8.82. The summed E-state index contributed by atoms with van der Waals surface area (Å²) in [4.78, 5) is 22.9. The van der Waals surface area contributed by atoms with Crippen molar-refractivity contribution >= 4 is 11.8 Å². The summed E-state index contributed by atoms with van der Waals surface area (Å²) in [6.45, 7) is 4.60. The van der Waals surface area contributed by atoms with Gasteiger partial charge in [-0.05, 0) is 26.8 Å². The molecule has 0 radical (unpaired) electrons. The maximum atomic E-state index is 11.6. The second kappa shape index (κ2) is 5.84. The third-order valence-electron chi connectivity index (χ3n) is 3.05. The number of aliphatic hydroxyl groups is 2. The minimum Gasteiger partial charge on any atom is -0.507 e. The van der Waals surface area contributed by atoms with Gasteiger partial charge in [0.1, 0.15) is 11.9 Å². The summed E-state index contributed by atoms with van der Waals surface area (Å²) in [7, 11) is 0. The predicted molar refractivity (Wildman–Crippen MR) is 69.4 cm³/mol. The van der Waals surface area contributed by atoms with Crippen LogP contribution in [0, 0.1) is 0 Å². The SMILES string of the molecule is C/C=C/C=C/C(=O)C[C@H](O)[C@]1(C)OC(=O)C(C)=C1O. The molecule has 1 aliphatic rings. The molecular formula is C14H18O5. The molecule has 0 spiro atoms. The van der Waals surface area contributed by atoms with Crippen molar-refractivity contribution in [3.8, 4) is 0 Å². The Morgan fingerprint density at radius 1 is 1.47 bits per heavy atom. The standard InChI is InChI=1S/C14H18O5/c1-4-5-6-7-10(15)8-11(16)14(3)12(17)9(2)13(18)19-14/h4-7,11,16-17H,8H2,1-3H3/b5-4+,7-6+/t11-,14-/m0/s1. The van der Waals surface area contributed by atoms with Crippen molar-refractivity contribution in [3.05, 3.63) is 35.6 Å². The Morgan fingerprint density at radius 2 is 2.11 bits per heavy atom. The molecule has 0 aromatic rings. The van der Waals surface area contributed by atoms with E-state index in [2.05, 4.69) is 0 Å². The molecule has 1 aliphatic heterocycles. The molecule has 5 nitrogen and oxygen atoms in total. The number of cyclic esters (lactones) is 1. The molecule has 0 saturated carbocycles. The molecule has 0 aromatic carbocycles. The highest BCUT2D eigenvalue weighted by Gasteiger charge is 2.48. The van der Waals surface area contributed by atoms with Crippen LogP contribution in [0.1, 0.15) is 27.2 Å². The molecule has 19 heavy (non-hydrogen) atoms. The predicted octanol–water partition coefficient (Wildman–Crippen LogP) is 1.59. The zero-order chi connectivity index (χ0) is 14.6. The highest BCUT2D eigenvalue weighted by Crippen LogP contribution is 2.34. The van der Waals surface area contributed by atoms with E-state index < -0.39 is 17.7 Å². The van der Waals surface area contributed by atoms with Crippen molar-refractivity contribution < 1.29 is 24.5 Å². The molecule has 0 fully saturated rings. The molecule has 0 aromatic heterocycles. The van der Waals surface area contributed by atoms with E-state index >= 15 is 0 Å². The van der Waals surface area contributed by atoms with Gasteiger partial charge in [-0.15, -0.1) is 0 Å². The Balaban J connectivity index is 2.77. The molecule has 0 bridgehead atoms. The van der Waals surface area contributed by atoms with Gasteiger partial charge in [-0.1, -0.05) is 18.2 Å². The number of aliphatic hydroxyl groups excluding tert-OH is 2. The van der Waals surface area contributed by atoms with E-state index in [1.54, 1.807) is 18.2 Å². The van der Waals surface area contributed by atoms with Crippen LogP contribution in [0.25, 0.3) is 0 Å². The van der Waals surface area contributed by atoms with Crippen LogP contribution in [0.3, 0.4) is 0 Å². The third kappa shape index (κ3) is 3.12. The van der Waals surface area contributed by atoms with Crippen molar-refractivity contribution in [2.75, 3.05) is 0 Å². The van der Waals surface area contributed by atoms with Gasteiger partial charge in [0.15, 0.2) is 11.4 Å². The monoisotopic (exact) mass is 266 g/mol. The zero-order valence-electron chi connectivity index (χ0n) is 11.2. The topological polar surface area (TPSA) is 83.8 Å². The van der Waals surface area contributed by atoms with Gasteiger partial charge in [0.2, 0.25) is 0 Å². The maximum absolute atomic E-state index is 11.6. The molecule has 0 amide bonds. The normalized spacial score (nSPS) is 25.4. The smallest absolute Gasteiger partial charge is 0.338 e. The van der Waals surface area contributed by atoms with Gasteiger partial charge in [0.25, 0.3) is 0 Å². The first-order valence-electron chi connectivity index (χ1n) is 5.96. The summed E-state index contributed by atoms with van der Waals surface area (Å²) >= 11 is 0. The van der Waals surface area contributed by atoms with E-state index in [0.29, 0.717) is 0 Å². The summed E-state index contributed by atoms with van der Waals surface area (Å²) in [6, 6.07) is 0. The largest absolute Gasteiger partial charge is 0.507 e. The zero-order valence-corrected chi connectivity index (χ0v) is 11.2. The van der Waals surface area contributed by atoms with E-state index in [1.807, 2.05) is 6.92 Å². The Bertz CT molecular complexity index is 472. The molecule has 2 atom stereocenters. The number of carbonyl (C=O) groups is 2. The van der Waals surface area contributed by atoms with E-state index in [9.17, 15) is 19.8 Å². The molecule has 5 heteroatoms. The van der Waals surface area contributed by atoms with E-state index in [0.717, 1.165) is 0 Å². The molecule has 0 aliphatic carbocycles. The van der Waals surface area contributed by atoms with Crippen LogP contribution >= 0.6 is 0 Å². The molecule has 0 unspecified atom stereocenters. The summed E-state index contributed by atoms with van der Waals surface area (Å²) in [5.41, 5.74) is -1.50. The van der Waals surface area contributed by atoms with Gasteiger partial charge in [0.05, 0.1) is 5.57 Å². The lowest BCUT2D eigenvalue weighted by Crippen LogP contribution is -2.43. The summed E-state index contributed by atoms with van der Waals surface area (Å²) in [5, 5.41) is 19.8. The molecule has 2 N–H and O–H groups in total. The third-order valence-corrected chi connectivity index (χ3v) is 3.05. The quantitative estimate of drug-likeness (QED) is 0.448. The number of hydrogen-bond acceptors (Lipinski definition) is 5. The van der Waals surface area contributed by atoms with E-state index in [4.69, 9.17) is 4.74 Å². The van der Waals surface area contributed by atoms with Crippen molar-refractivity contribution in [3.63, 3.8) is 0 Å². The highest BCUT2D eigenvalue weighted by atomic mass is 16.6. The fraction of sp³-hybridized carbons (Fsp3) is 0.429. The molecule has 1 heterocycles. The number of carbonyl (C=O) groups excluding carboxylic acids is 2. The van der Waals surface area contributed by atoms with E-state index in [-0.39, 0.29) is 23.5 Å². The average Bonchev–Trinajstić information content (AvgIpc) is 2.55. The number of allylic oxidation sites excluding steroid dienone is 4. The van der Waals surface area contributed by atoms with Crippen molar-refractivity contribution in [1.82, 2.24) is 0 Å². The molecule has 0 saturated heterocycles. The lowest BCUT2D eigenvalue weighted by Gasteiger charge is -2.28. The minimum atomic E-state index is -1.55. The number of rotatable bonds is 5. The molecular weight excluding hydrogens is 248 g/mol. The maximum Gasteiger partial charge on any atom is 0.338 e. The summed E-state index contributed by atoms with van der Waals surface area (Å²) in [5.74, 6) is -1.33. The fourth-order valence-corrected chi connectivity index (χ4v) is 1.74. The second-order valence-corrected chi connectivity index (χ2v) is 4.54. The molecule has 1 rings (SSSR count). The van der Waals surface area contributed by atoms with Crippen LogP contribution in [0.2, 0.25) is 0 Å². The van der Waals surface area contributed by atoms with Gasteiger partial charge < -0.3 is 14.9 Å². The Hall–Kier alpha value is -1.88. The lowest BCUT2D eigenvalue weighted by molar-refractivity contribution is -0.158. The number of esters is 1. The van der Waals surface area contributed by atoms with Crippen LogP contribution in [0.15, 0.2) is 35.6 Å². The van der Waals surface area contributed by atoms with Gasteiger partial charge in [0, 0.05) is 6.42 Å². The number of ether oxygens (including phenoxy) is 1. The van der Waals surface area contributed by atoms with Crippen LogP contribution in [0.4, 0.5) is 0 Å². The van der Waals surface area contributed by atoms with Gasteiger partial charge in [-0.3, -0.25) is 4.79 Å². The minimum absolute atomic E-state index is 0.0541. The van der Waals surface area contributed by atoms with Gasteiger partial charge >= 0.3 is 5.97 Å². The molecule has 104 valence electrons. The van der Waals surface area contributed by atoms with Crippen molar-refractivity contribution in [1.29, 1.82) is 0 Å². The Morgan fingerprint density at radius 3 is 2.58 bits per heavy atom. The first-order valence-corrected chi connectivity index (χ1v) is 5.96. The summed E-state index contributed by atoms with van der Waals surface area (Å²) in [6.07, 6.45) is 4.78. The van der Waals surface area contributed by atoms with Crippen molar-refractivity contribution in [2.24, 2.45) is 0 Å². The van der Waals surface area contributed by atoms with Crippen LogP contribution in [0.5, 0.6) is 0 Å².